The molecule has 0 N–H and O–H groups in total. The predicted molar refractivity (Wildman–Crippen MR) is 91.5 cm³/mol. The fraction of sp³-hybridized carbons (Fsp3) is 0.684. The summed E-state index contributed by atoms with van der Waals surface area (Å²) in [5, 5.41) is 0. The van der Waals surface area contributed by atoms with Crippen molar-refractivity contribution in [2.75, 3.05) is 0 Å². The van der Waals surface area contributed by atoms with Gasteiger partial charge in [0.1, 0.15) is 6.33 Å². The molecule has 2 aromatic heterocycles. The minimum absolute atomic E-state index is 0.0506. The van der Waals surface area contributed by atoms with Crippen LogP contribution in [0.2, 0.25) is 0 Å². The third-order valence-electron chi connectivity index (χ3n) is 6.79. The van der Waals surface area contributed by atoms with Crippen molar-refractivity contribution >= 4 is 11.2 Å². The Bertz CT molecular complexity index is 807. The normalized spacial score (nSPS) is 35.5. The molecule has 4 fully saturated rings. The van der Waals surface area contributed by atoms with E-state index in [9.17, 15) is 4.79 Å². The second-order valence-electron chi connectivity index (χ2n) is 8.66. The second-order valence-corrected chi connectivity index (χ2v) is 8.66. The molecule has 2 heterocycles. The Balaban J connectivity index is 1.46. The van der Waals surface area contributed by atoms with Gasteiger partial charge in [-0.25, -0.2) is 15.0 Å². The largest absolute Gasteiger partial charge is 0.294 e. The molecule has 126 valence electrons. The Labute approximate surface area is 141 Å². The summed E-state index contributed by atoms with van der Waals surface area (Å²) < 4.78 is 1.79. The lowest BCUT2D eigenvalue weighted by Gasteiger charge is -2.57. The summed E-state index contributed by atoms with van der Waals surface area (Å²) in [6.45, 7) is 2.17. The number of hydrogen-bond donors (Lipinski definition) is 0. The first kappa shape index (κ1) is 14.6. The first-order valence-electron chi connectivity index (χ1n) is 9.30. The summed E-state index contributed by atoms with van der Waals surface area (Å²) in [7, 11) is 0. The number of nitrogens with zero attached hydrogens (tertiary/aromatic N) is 4. The third-order valence-corrected chi connectivity index (χ3v) is 6.79. The second kappa shape index (κ2) is 5.11. The van der Waals surface area contributed by atoms with Crippen LogP contribution in [0.3, 0.4) is 0 Å². The van der Waals surface area contributed by atoms with Gasteiger partial charge in [0.15, 0.2) is 11.2 Å². The standard InChI is InChI=1S/C19H24N4O/c1-12(23-11-22-17-16(18(23)24)20-2-3-21-17)7-19-8-13-4-14(9-19)6-15(5-13)10-19/h2-3,11-15H,4-10H2,1H3. The van der Waals surface area contributed by atoms with Gasteiger partial charge in [-0.1, -0.05) is 0 Å². The number of fused-ring (bicyclic) bond motifs is 1. The molecule has 0 spiro atoms. The summed E-state index contributed by atoms with van der Waals surface area (Å²) in [6, 6.07) is 0.174. The zero-order chi connectivity index (χ0) is 16.3. The first-order chi connectivity index (χ1) is 11.6. The van der Waals surface area contributed by atoms with Crippen molar-refractivity contribution in [3.63, 3.8) is 0 Å². The Kier molecular flexibility index (Phi) is 3.10. The molecule has 5 nitrogen and oxygen atoms in total. The van der Waals surface area contributed by atoms with E-state index in [-0.39, 0.29) is 11.6 Å². The molecule has 1 unspecified atom stereocenters. The van der Waals surface area contributed by atoms with Crippen LogP contribution >= 0.6 is 0 Å². The molecular weight excluding hydrogens is 300 g/mol. The molecule has 2 aromatic rings. The number of aromatic nitrogens is 4. The van der Waals surface area contributed by atoms with Crippen LogP contribution in [0.5, 0.6) is 0 Å². The molecular formula is C19H24N4O. The van der Waals surface area contributed by atoms with Crippen molar-refractivity contribution in [2.45, 2.75) is 57.9 Å². The third kappa shape index (κ3) is 2.20. The van der Waals surface area contributed by atoms with Crippen LogP contribution < -0.4 is 5.56 Å². The van der Waals surface area contributed by atoms with Gasteiger partial charge in [-0.2, -0.15) is 0 Å². The fourth-order valence-electron chi connectivity index (χ4n) is 6.45. The van der Waals surface area contributed by atoms with E-state index in [1.54, 1.807) is 23.3 Å². The molecule has 4 saturated carbocycles. The van der Waals surface area contributed by atoms with Gasteiger partial charge in [-0.05, 0) is 75.0 Å². The summed E-state index contributed by atoms with van der Waals surface area (Å²) in [4.78, 5) is 25.5. The van der Waals surface area contributed by atoms with Crippen molar-refractivity contribution in [2.24, 2.45) is 23.2 Å². The van der Waals surface area contributed by atoms with E-state index in [1.807, 2.05) is 0 Å². The highest BCUT2D eigenvalue weighted by Crippen LogP contribution is 2.62. The smallest absolute Gasteiger partial charge is 0.281 e. The first-order valence-corrected chi connectivity index (χ1v) is 9.30. The van der Waals surface area contributed by atoms with E-state index in [0.717, 1.165) is 24.2 Å². The van der Waals surface area contributed by atoms with Crippen molar-refractivity contribution in [3.8, 4) is 0 Å². The molecule has 5 heteroatoms. The van der Waals surface area contributed by atoms with E-state index in [2.05, 4.69) is 21.9 Å². The van der Waals surface area contributed by atoms with E-state index in [4.69, 9.17) is 0 Å². The van der Waals surface area contributed by atoms with Gasteiger partial charge in [-0.15, -0.1) is 0 Å². The average Bonchev–Trinajstić information content (AvgIpc) is 2.53. The van der Waals surface area contributed by atoms with E-state index < -0.39 is 0 Å². The van der Waals surface area contributed by atoms with E-state index in [0.29, 0.717) is 16.6 Å². The van der Waals surface area contributed by atoms with Crippen molar-refractivity contribution in [3.05, 3.63) is 29.1 Å². The minimum atomic E-state index is -0.0506. The number of rotatable bonds is 3. The van der Waals surface area contributed by atoms with Gasteiger partial charge in [-0.3, -0.25) is 9.36 Å². The lowest BCUT2D eigenvalue weighted by atomic mass is 9.48. The van der Waals surface area contributed by atoms with Crippen molar-refractivity contribution in [1.29, 1.82) is 0 Å². The van der Waals surface area contributed by atoms with Crippen LogP contribution in [0.1, 0.15) is 57.9 Å². The molecule has 0 amide bonds. The molecule has 0 saturated heterocycles. The maximum atomic E-state index is 12.8. The fourth-order valence-corrected chi connectivity index (χ4v) is 6.45. The Morgan fingerprint density at radius 2 is 1.71 bits per heavy atom. The summed E-state index contributed by atoms with van der Waals surface area (Å²) in [5.41, 5.74) is 1.24. The lowest BCUT2D eigenvalue weighted by Crippen LogP contribution is -2.47. The maximum Gasteiger partial charge on any atom is 0.281 e. The summed E-state index contributed by atoms with van der Waals surface area (Å²) in [5.74, 6) is 2.84. The molecule has 1 atom stereocenters. The molecule has 0 aliphatic heterocycles. The zero-order valence-corrected chi connectivity index (χ0v) is 14.2. The van der Waals surface area contributed by atoms with Crippen LogP contribution in [0.4, 0.5) is 0 Å². The van der Waals surface area contributed by atoms with Gasteiger partial charge >= 0.3 is 0 Å². The lowest BCUT2D eigenvalue weighted by molar-refractivity contribution is -0.0634. The van der Waals surface area contributed by atoms with Crippen LogP contribution in [-0.4, -0.2) is 19.5 Å². The average molecular weight is 324 g/mol. The van der Waals surface area contributed by atoms with Gasteiger partial charge in [0.05, 0.1) is 0 Å². The van der Waals surface area contributed by atoms with E-state index >= 15 is 0 Å². The maximum absolute atomic E-state index is 12.8. The molecule has 4 bridgehead atoms. The van der Waals surface area contributed by atoms with Gasteiger partial charge < -0.3 is 0 Å². The quantitative estimate of drug-likeness (QED) is 0.868. The highest BCUT2D eigenvalue weighted by molar-refractivity contribution is 5.66. The van der Waals surface area contributed by atoms with E-state index in [1.165, 1.54) is 38.5 Å². The monoisotopic (exact) mass is 324 g/mol. The van der Waals surface area contributed by atoms with Gasteiger partial charge in [0, 0.05) is 18.4 Å². The molecule has 0 aromatic carbocycles. The van der Waals surface area contributed by atoms with Gasteiger partial charge in [0.2, 0.25) is 0 Å². The SMILES string of the molecule is CC(CC12CC3CC(CC(C3)C1)C2)n1cnc2nccnc2c1=O. The number of hydrogen-bond acceptors (Lipinski definition) is 4. The zero-order valence-electron chi connectivity index (χ0n) is 14.2. The topological polar surface area (TPSA) is 60.7 Å². The van der Waals surface area contributed by atoms with Crippen LogP contribution in [0.15, 0.2) is 23.5 Å². The summed E-state index contributed by atoms with van der Waals surface area (Å²) in [6.07, 6.45) is 14.4. The molecule has 4 aliphatic rings. The Morgan fingerprint density at radius 1 is 1.08 bits per heavy atom. The highest BCUT2D eigenvalue weighted by Gasteiger charge is 2.51. The highest BCUT2D eigenvalue weighted by atomic mass is 16.1. The Hall–Kier alpha value is -1.78. The summed E-state index contributed by atoms with van der Waals surface area (Å²) >= 11 is 0. The Morgan fingerprint density at radius 3 is 2.38 bits per heavy atom. The molecule has 0 radical (unpaired) electrons. The van der Waals surface area contributed by atoms with Crippen LogP contribution in [0.25, 0.3) is 11.2 Å². The van der Waals surface area contributed by atoms with Crippen LogP contribution in [0, 0.1) is 23.2 Å². The minimum Gasteiger partial charge on any atom is -0.294 e. The van der Waals surface area contributed by atoms with Crippen molar-refractivity contribution < 1.29 is 0 Å². The predicted octanol–water partition coefficient (Wildman–Crippen LogP) is 3.35. The molecule has 6 rings (SSSR count). The van der Waals surface area contributed by atoms with Gasteiger partial charge in [0.25, 0.3) is 5.56 Å². The molecule has 4 aliphatic carbocycles. The van der Waals surface area contributed by atoms with Crippen molar-refractivity contribution in [1.82, 2.24) is 19.5 Å². The molecule has 24 heavy (non-hydrogen) atoms. The van der Waals surface area contributed by atoms with Crippen LogP contribution in [-0.2, 0) is 0 Å².